The Bertz CT molecular complexity index is 366. The van der Waals surface area contributed by atoms with E-state index < -0.39 is 11.6 Å². The summed E-state index contributed by atoms with van der Waals surface area (Å²) in [7, 11) is 0. The van der Waals surface area contributed by atoms with Crippen LogP contribution in [0, 0.1) is 0 Å². The zero-order valence-corrected chi connectivity index (χ0v) is 10.6. The van der Waals surface area contributed by atoms with E-state index in [0.29, 0.717) is 6.54 Å². The Hall–Kier alpha value is -1.39. The molecule has 0 aliphatic carbocycles. The maximum atomic E-state index is 9.18. The fourth-order valence-corrected chi connectivity index (χ4v) is 1.43. The third kappa shape index (κ3) is 4.54. The van der Waals surface area contributed by atoms with Crippen LogP contribution in [0.15, 0.2) is 35.4 Å². The summed E-state index contributed by atoms with van der Waals surface area (Å²) in [4.78, 5) is 0. The van der Waals surface area contributed by atoms with Gasteiger partial charge >= 0.3 is 0 Å². The number of nitrogens with one attached hydrogen (secondary N) is 1. The summed E-state index contributed by atoms with van der Waals surface area (Å²) in [5.74, 6) is 0. The van der Waals surface area contributed by atoms with Crippen molar-refractivity contribution in [2.45, 2.75) is 32.4 Å². The predicted molar refractivity (Wildman–Crippen MR) is 70.9 cm³/mol. The monoisotopic (exact) mass is 235 g/mol. The SMILES string of the molecule is CC(O)CN/N=C(/c1ccccc1)C(C)(C)N. The second-order valence-electron chi connectivity index (χ2n) is 4.76. The minimum atomic E-state index is -0.535. The van der Waals surface area contributed by atoms with Crippen LogP contribution in [0.1, 0.15) is 26.3 Å². The maximum Gasteiger partial charge on any atom is 0.0867 e. The quantitative estimate of drug-likeness (QED) is 0.528. The number of benzene rings is 1. The third-order valence-corrected chi connectivity index (χ3v) is 2.24. The summed E-state index contributed by atoms with van der Waals surface area (Å²) < 4.78 is 0. The summed E-state index contributed by atoms with van der Waals surface area (Å²) in [6.45, 7) is 5.93. The van der Waals surface area contributed by atoms with Crippen LogP contribution < -0.4 is 11.2 Å². The summed E-state index contributed by atoms with van der Waals surface area (Å²) in [6, 6.07) is 9.79. The van der Waals surface area contributed by atoms with E-state index in [4.69, 9.17) is 5.73 Å². The molecule has 94 valence electrons. The molecule has 0 fully saturated rings. The summed E-state index contributed by atoms with van der Waals surface area (Å²) in [6.07, 6.45) is -0.434. The number of nitrogens with two attached hydrogens (primary N) is 1. The highest BCUT2D eigenvalue weighted by molar-refractivity contribution is 6.06. The lowest BCUT2D eigenvalue weighted by Crippen LogP contribution is -2.43. The first-order valence-corrected chi connectivity index (χ1v) is 5.74. The molecule has 0 saturated carbocycles. The molecule has 1 aromatic carbocycles. The molecule has 0 radical (unpaired) electrons. The lowest BCUT2D eigenvalue weighted by atomic mass is 9.93. The van der Waals surface area contributed by atoms with E-state index in [1.54, 1.807) is 6.92 Å². The summed E-state index contributed by atoms with van der Waals surface area (Å²) in [5, 5.41) is 13.5. The number of aliphatic hydroxyl groups excluding tert-OH is 1. The molecular formula is C13H21N3O. The second kappa shape index (κ2) is 5.80. The predicted octanol–water partition coefficient (Wildman–Crippen LogP) is 1.10. The van der Waals surface area contributed by atoms with Gasteiger partial charge in [0.2, 0.25) is 0 Å². The van der Waals surface area contributed by atoms with Crippen LogP contribution in [0.2, 0.25) is 0 Å². The van der Waals surface area contributed by atoms with Crippen LogP contribution in [-0.2, 0) is 0 Å². The molecule has 4 heteroatoms. The van der Waals surface area contributed by atoms with E-state index >= 15 is 0 Å². The number of rotatable bonds is 5. The van der Waals surface area contributed by atoms with Crippen molar-refractivity contribution in [3.8, 4) is 0 Å². The minimum absolute atomic E-state index is 0.409. The van der Waals surface area contributed by atoms with Gasteiger partial charge in [0.25, 0.3) is 0 Å². The molecule has 0 amide bonds. The van der Waals surface area contributed by atoms with Gasteiger partial charge in [-0.1, -0.05) is 30.3 Å². The molecule has 4 N–H and O–H groups in total. The molecule has 0 saturated heterocycles. The molecule has 4 nitrogen and oxygen atoms in total. The molecule has 0 aliphatic rings. The molecule has 1 atom stereocenters. The van der Waals surface area contributed by atoms with Gasteiger partial charge in [-0.3, -0.25) is 0 Å². The van der Waals surface area contributed by atoms with Crippen molar-refractivity contribution in [2.75, 3.05) is 6.54 Å². The highest BCUT2D eigenvalue weighted by Gasteiger charge is 2.21. The molecule has 1 rings (SSSR count). The van der Waals surface area contributed by atoms with Crippen molar-refractivity contribution in [2.24, 2.45) is 10.8 Å². The normalized spacial score (nSPS) is 14.5. The van der Waals surface area contributed by atoms with E-state index in [0.717, 1.165) is 11.3 Å². The van der Waals surface area contributed by atoms with Crippen LogP contribution in [0.5, 0.6) is 0 Å². The first-order valence-electron chi connectivity index (χ1n) is 5.74. The van der Waals surface area contributed by atoms with Crippen molar-refractivity contribution >= 4 is 5.71 Å². The van der Waals surface area contributed by atoms with Gasteiger partial charge in [0.05, 0.1) is 23.9 Å². The lowest BCUT2D eigenvalue weighted by molar-refractivity contribution is 0.192. The number of nitrogens with zero attached hydrogens (tertiary/aromatic N) is 1. The highest BCUT2D eigenvalue weighted by Crippen LogP contribution is 2.11. The Morgan fingerprint density at radius 2 is 2.00 bits per heavy atom. The summed E-state index contributed by atoms with van der Waals surface area (Å²) >= 11 is 0. The van der Waals surface area contributed by atoms with E-state index in [1.165, 1.54) is 0 Å². The number of hydrogen-bond donors (Lipinski definition) is 3. The van der Waals surface area contributed by atoms with E-state index in [1.807, 2.05) is 44.2 Å². The fraction of sp³-hybridized carbons (Fsp3) is 0.462. The van der Waals surface area contributed by atoms with Crippen molar-refractivity contribution in [3.05, 3.63) is 35.9 Å². The molecule has 1 unspecified atom stereocenters. The topological polar surface area (TPSA) is 70.6 Å². The zero-order chi connectivity index (χ0) is 12.9. The van der Waals surface area contributed by atoms with Gasteiger partial charge < -0.3 is 16.3 Å². The number of hydrogen-bond acceptors (Lipinski definition) is 4. The first kappa shape index (κ1) is 13.7. The fourth-order valence-electron chi connectivity index (χ4n) is 1.43. The average Bonchev–Trinajstić information content (AvgIpc) is 2.23. The lowest BCUT2D eigenvalue weighted by Gasteiger charge is -2.22. The minimum Gasteiger partial charge on any atom is -0.392 e. The first-order chi connectivity index (χ1) is 7.91. The van der Waals surface area contributed by atoms with Crippen molar-refractivity contribution < 1.29 is 5.11 Å². The van der Waals surface area contributed by atoms with Gasteiger partial charge in [0.15, 0.2) is 0 Å². The van der Waals surface area contributed by atoms with Gasteiger partial charge in [-0.2, -0.15) is 5.10 Å². The molecule has 0 heterocycles. The van der Waals surface area contributed by atoms with Crippen LogP contribution in [0.4, 0.5) is 0 Å². The van der Waals surface area contributed by atoms with Gasteiger partial charge in [-0.15, -0.1) is 0 Å². The Labute approximate surface area is 103 Å². The number of aliphatic hydroxyl groups is 1. The van der Waals surface area contributed by atoms with Crippen LogP contribution in [0.25, 0.3) is 0 Å². The smallest absolute Gasteiger partial charge is 0.0867 e. The molecule has 0 aliphatic heterocycles. The second-order valence-corrected chi connectivity index (χ2v) is 4.76. The third-order valence-electron chi connectivity index (χ3n) is 2.24. The molecule has 17 heavy (non-hydrogen) atoms. The maximum absolute atomic E-state index is 9.18. The van der Waals surface area contributed by atoms with Crippen molar-refractivity contribution in [1.82, 2.24) is 5.43 Å². The molecule has 0 bridgehead atoms. The van der Waals surface area contributed by atoms with Crippen molar-refractivity contribution in [3.63, 3.8) is 0 Å². The van der Waals surface area contributed by atoms with Crippen LogP contribution in [0.3, 0.4) is 0 Å². The van der Waals surface area contributed by atoms with Gasteiger partial charge in [0.1, 0.15) is 0 Å². The van der Waals surface area contributed by atoms with Crippen LogP contribution >= 0.6 is 0 Å². The summed E-state index contributed by atoms with van der Waals surface area (Å²) in [5.41, 5.74) is 10.2. The highest BCUT2D eigenvalue weighted by atomic mass is 16.3. The van der Waals surface area contributed by atoms with Crippen molar-refractivity contribution in [1.29, 1.82) is 0 Å². The van der Waals surface area contributed by atoms with E-state index in [2.05, 4.69) is 10.5 Å². The molecule has 0 aromatic heterocycles. The Kier molecular flexibility index (Phi) is 4.66. The standard InChI is InChI=1S/C13H21N3O/c1-10(17)9-15-16-12(13(2,3)14)11-7-5-4-6-8-11/h4-8,10,15,17H,9,14H2,1-3H3/b16-12-. The van der Waals surface area contributed by atoms with Gasteiger partial charge in [-0.05, 0) is 26.3 Å². The molecule has 1 aromatic rings. The van der Waals surface area contributed by atoms with Crippen LogP contribution in [-0.4, -0.2) is 29.0 Å². The average molecular weight is 235 g/mol. The van der Waals surface area contributed by atoms with E-state index in [9.17, 15) is 5.11 Å². The molecule has 0 spiro atoms. The van der Waals surface area contributed by atoms with Gasteiger partial charge in [0, 0.05) is 0 Å². The Morgan fingerprint density at radius 3 is 2.47 bits per heavy atom. The van der Waals surface area contributed by atoms with E-state index in [-0.39, 0.29) is 0 Å². The Balaban J connectivity index is 2.90. The largest absolute Gasteiger partial charge is 0.392 e. The van der Waals surface area contributed by atoms with Gasteiger partial charge in [-0.25, -0.2) is 0 Å². The molecular weight excluding hydrogens is 214 g/mol. The number of hydrazone groups is 1. The zero-order valence-electron chi connectivity index (χ0n) is 10.6. The Morgan fingerprint density at radius 1 is 1.41 bits per heavy atom.